The molecule has 0 bridgehead atoms. The van der Waals surface area contributed by atoms with Crippen LogP contribution in [0, 0.1) is 6.92 Å². The lowest BCUT2D eigenvalue weighted by Crippen LogP contribution is -2.25. The number of aromatic nitrogens is 2. The van der Waals surface area contributed by atoms with Crippen molar-refractivity contribution in [3.05, 3.63) is 99.5 Å². The zero-order chi connectivity index (χ0) is 16.8. The van der Waals surface area contributed by atoms with Crippen LogP contribution in [0.25, 0.3) is 0 Å². The highest BCUT2D eigenvalue weighted by Gasteiger charge is 2.07. The molecule has 0 atom stereocenters. The SMILES string of the molecule is Cc1cc(=O)n(Cc2ccccc2)nc1COCc1ccccc1. The monoisotopic (exact) mass is 320 g/mol. The quantitative estimate of drug-likeness (QED) is 0.700. The molecule has 1 aromatic heterocycles. The Morgan fingerprint density at radius 1 is 0.917 bits per heavy atom. The van der Waals surface area contributed by atoms with Gasteiger partial charge in [0.2, 0.25) is 0 Å². The van der Waals surface area contributed by atoms with Gasteiger partial charge in [-0.25, -0.2) is 4.68 Å². The topological polar surface area (TPSA) is 44.1 Å². The highest BCUT2D eigenvalue weighted by molar-refractivity contribution is 5.18. The molecule has 0 radical (unpaired) electrons. The minimum Gasteiger partial charge on any atom is -0.370 e. The van der Waals surface area contributed by atoms with Crippen LogP contribution in [-0.2, 0) is 24.5 Å². The molecular formula is C20H20N2O2. The van der Waals surface area contributed by atoms with Gasteiger partial charge in [0, 0.05) is 6.07 Å². The van der Waals surface area contributed by atoms with Gasteiger partial charge in [0.1, 0.15) is 0 Å². The summed E-state index contributed by atoms with van der Waals surface area (Å²) >= 11 is 0. The lowest BCUT2D eigenvalue weighted by Gasteiger charge is -2.10. The van der Waals surface area contributed by atoms with E-state index >= 15 is 0 Å². The van der Waals surface area contributed by atoms with Gasteiger partial charge in [-0.3, -0.25) is 4.79 Å². The molecule has 0 amide bonds. The summed E-state index contributed by atoms with van der Waals surface area (Å²) in [5.41, 5.74) is 3.72. The van der Waals surface area contributed by atoms with E-state index in [1.807, 2.05) is 67.6 Å². The standard InChI is InChI=1S/C20H20N2O2/c1-16-12-20(23)22(13-17-8-4-2-5-9-17)21-19(16)15-24-14-18-10-6-3-7-11-18/h2-12H,13-15H2,1H3. The van der Waals surface area contributed by atoms with Gasteiger partial charge >= 0.3 is 0 Å². The molecule has 1 heterocycles. The normalized spacial score (nSPS) is 10.7. The number of nitrogens with zero attached hydrogens (tertiary/aromatic N) is 2. The first-order chi connectivity index (χ1) is 11.7. The molecule has 0 N–H and O–H groups in total. The van der Waals surface area contributed by atoms with Crippen LogP contribution in [-0.4, -0.2) is 9.78 Å². The second-order valence-corrected chi connectivity index (χ2v) is 5.73. The maximum Gasteiger partial charge on any atom is 0.267 e. The van der Waals surface area contributed by atoms with Crippen molar-refractivity contribution in [3.63, 3.8) is 0 Å². The number of aryl methyl sites for hydroxylation is 1. The van der Waals surface area contributed by atoms with Crippen molar-refractivity contribution in [2.45, 2.75) is 26.7 Å². The van der Waals surface area contributed by atoms with Crippen molar-refractivity contribution in [2.75, 3.05) is 0 Å². The maximum absolute atomic E-state index is 12.2. The van der Waals surface area contributed by atoms with Crippen molar-refractivity contribution in [1.82, 2.24) is 9.78 Å². The molecule has 0 aliphatic rings. The van der Waals surface area contributed by atoms with Crippen LogP contribution in [0.1, 0.15) is 22.4 Å². The Bertz CT molecular complexity index is 843. The van der Waals surface area contributed by atoms with Gasteiger partial charge < -0.3 is 4.74 Å². The third kappa shape index (κ3) is 4.18. The first-order valence-electron chi connectivity index (χ1n) is 7.95. The molecular weight excluding hydrogens is 300 g/mol. The Labute approximate surface area is 141 Å². The molecule has 122 valence electrons. The Morgan fingerprint density at radius 3 is 2.21 bits per heavy atom. The van der Waals surface area contributed by atoms with Crippen LogP contribution in [0.2, 0.25) is 0 Å². The van der Waals surface area contributed by atoms with Gasteiger partial charge in [0.25, 0.3) is 5.56 Å². The van der Waals surface area contributed by atoms with Crippen molar-refractivity contribution >= 4 is 0 Å². The van der Waals surface area contributed by atoms with Crippen molar-refractivity contribution in [1.29, 1.82) is 0 Å². The molecule has 0 fully saturated rings. The van der Waals surface area contributed by atoms with Crippen LogP contribution < -0.4 is 5.56 Å². The van der Waals surface area contributed by atoms with Crippen molar-refractivity contribution < 1.29 is 4.74 Å². The van der Waals surface area contributed by atoms with Gasteiger partial charge in [0.05, 0.1) is 25.5 Å². The summed E-state index contributed by atoms with van der Waals surface area (Å²) < 4.78 is 7.24. The summed E-state index contributed by atoms with van der Waals surface area (Å²) in [6, 6.07) is 21.5. The lowest BCUT2D eigenvalue weighted by molar-refractivity contribution is 0.103. The van der Waals surface area contributed by atoms with E-state index in [1.54, 1.807) is 6.07 Å². The minimum atomic E-state index is -0.0943. The fourth-order valence-electron chi connectivity index (χ4n) is 2.47. The van der Waals surface area contributed by atoms with Gasteiger partial charge in [-0.15, -0.1) is 0 Å². The van der Waals surface area contributed by atoms with E-state index in [4.69, 9.17) is 4.74 Å². The summed E-state index contributed by atoms with van der Waals surface area (Å²) in [7, 11) is 0. The molecule has 0 saturated carbocycles. The highest BCUT2D eigenvalue weighted by Crippen LogP contribution is 2.07. The van der Waals surface area contributed by atoms with Crippen LogP contribution in [0.15, 0.2) is 71.5 Å². The summed E-state index contributed by atoms with van der Waals surface area (Å²) in [5.74, 6) is 0. The molecule has 4 nitrogen and oxygen atoms in total. The molecule has 3 aromatic rings. The van der Waals surface area contributed by atoms with E-state index in [0.717, 1.165) is 22.4 Å². The van der Waals surface area contributed by atoms with E-state index < -0.39 is 0 Å². The minimum absolute atomic E-state index is 0.0943. The zero-order valence-electron chi connectivity index (χ0n) is 13.7. The summed E-state index contributed by atoms with van der Waals surface area (Å²) in [4.78, 5) is 12.2. The highest BCUT2D eigenvalue weighted by atomic mass is 16.5. The molecule has 0 spiro atoms. The lowest BCUT2D eigenvalue weighted by atomic mass is 10.2. The third-order valence-corrected chi connectivity index (χ3v) is 3.82. The van der Waals surface area contributed by atoms with Crippen molar-refractivity contribution in [2.24, 2.45) is 0 Å². The average molecular weight is 320 g/mol. The largest absolute Gasteiger partial charge is 0.370 e. The Kier molecular flexibility index (Phi) is 5.18. The molecule has 0 saturated heterocycles. The van der Waals surface area contributed by atoms with E-state index in [-0.39, 0.29) is 5.56 Å². The molecule has 4 heteroatoms. The Morgan fingerprint density at radius 2 is 1.54 bits per heavy atom. The molecule has 0 unspecified atom stereocenters. The second-order valence-electron chi connectivity index (χ2n) is 5.73. The smallest absolute Gasteiger partial charge is 0.267 e. The number of hydrogen-bond acceptors (Lipinski definition) is 3. The number of hydrogen-bond donors (Lipinski definition) is 0. The first-order valence-corrected chi connectivity index (χ1v) is 7.95. The fourth-order valence-corrected chi connectivity index (χ4v) is 2.47. The summed E-state index contributed by atoms with van der Waals surface area (Å²) in [6.45, 7) is 3.27. The van der Waals surface area contributed by atoms with Crippen LogP contribution in [0.5, 0.6) is 0 Å². The predicted molar refractivity (Wildman–Crippen MR) is 93.7 cm³/mol. The second kappa shape index (κ2) is 7.70. The van der Waals surface area contributed by atoms with E-state index in [2.05, 4.69) is 5.10 Å². The van der Waals surface area contributed by atoms with Gasteiger partial charge in [0.15, 0.2) is 0 Å². The van der Waals surface area contributed by atoms with Crippen LogP contribution in [0.4, 0.5) is 0 Å². The number of rotatable bonds is 6. The molecule has 0 aliphatic heterocycles. The van der Waals surface area contributed by atoms with Crippen LogP contribution in [0.3, 0.4) is 0 Å². The Balaban J connectivity index is 1.71. The molecule has 24 heavy (non-hydrogen) atoms. The zero-order valence-corrected chi connectivity index (χ0v) is 13.7. The predicted octanol–water partition coefficient (Wildman–Crippen LogP) is 3.32. The van der Waals surface area contributed by atoms with Crippen molar-refractivity contribution in [3.8, 4) is 0 Å². The average Bonchev–Trinajstić information content (AvgIpc) is 2.60. The Hall–Kier alpha value is -2.72. The third-order valence-electron chi connectivity index (χ3n) is 3.82. The summed E-state index contributed by atoms with van der Waals surface area (Å²) in [5, 5.41) is 4.48. The fraction of sp³-hybridized carbons (Fsp3) is 0.200. The van der Waals surface area contributed by atoms with E-state index in [1.165, 1.54) is 4.68 Å². The first kappa shape index (κ1) is 16.1. The molecule has 2 aromatic carbocycles. The molecule has 3 rings (SSSR count). The number of benzene rings is 2. The van der Waals surface area contributed by atoms with Gasteiger partial charge in [-0.2, -0.15) is 5.10 Å². The van der Waals surface area contributed by atoms with Crippen LogP contribution >= 0.6 is 0 Å². The van der Waals surface area contributed by atoms with Gasteiger partial charge in [-0.05, 0) is 23.6 Å². The molecule has 0 aliphatic carbocycles. The van der Waals surface area contributed by atoms with E-state index in [9.17, 15) is 4.79 Å². The number of ether oxygens (including phenoxy) is 1. The van der Waals surface area contributed by atoms with E-state index in [0.29, 0.717) is 19.8 Å². The van der Waals surface area contributed by atoms with Gasteiger partial charge in [-0.1, -0.05) is 60.7 Å². The maximum atomic E-state index is 12.2. The summed E-state index contributed by atoms with van der Waals surface area (Å²) in [6.07, 6.45) is 0.